The summed E-state index contributed by atoms with van der Waals surface area (Å²) >= 11 is 0. The number of hydrogen-bond acceptors (Lipinski definition) is 2. The van der Waals surface area contributed by atoms with Gasteiger partial charge in [-0.05, 0) is 26.7 Å². The molecule has 2 saturated carbocycles. The van der Waals surface area contributed by atoms with Crippen LogP contribution in [-0.2, 0) is 9.47 Å². The van der Waals surface area contributed by atoms with Crippen LogP contribution in [0.1, 0.15) is 26.7 Å². The maximum absolute atomic E-state index is 6.36. The Bertz CT molecular complexity index is 337. The highest BCUT2D eigenvalue weighted by atomic mass is 16.5. The fraction of sp³-hybridized carbons (Fsp3) is 0.846. The lowest BCUT2D eigenvalue weighted by Gasteiger charge is -2.27. The number of rotatable bonds is 0. The summed E-state index contributed by atoms with van der Waals surface area (Å²) in [7, 11) is 0. The molecular weight excluding hydrogens is 188 g/mol. The van der Waals surface area contributed by atoms with Crippen molar-refractivity contribution in [2.45, 2.75) is 50.6 Å². The zero-order valence-corrected chi connectivity index (χ0v) is 9.35. The van der Waals surface area contributed by atoms with Gasteiger partial charge in [-0.3, -0.25) is 0 Å². The smallest absolute Gasteiger partial charge is 0.0875 e. The molecule has 0 aromatic carbocycles. The predicted molar refractivity (Wildman–Crippen MR) is 56.5 cm³/mol. The Labute approximate surface area is 90.6 Å². The first-order chi connectivity index (χ1) is 7.22. The topological polar surface area (TPSA) is 18.5 Å². The van der Waals surface area contributed by atoms with Crippen LogP contribution in [0.4, 0.5) is 0 Å². The molecule has 2 nitrogen and oxygen atoms in total. The molecule has 0 unspecified atom stereocenters. The summed E-state index contributed by atoms with van der Waals surface area (Å²) < 4.78 is 12.5. The largest absolute Gasteiger partial charge is 0.375 e. The average Bonchev–Trinajstić information content (AvgIpc) is 2.56. The van der Waals surface area contributed by atoms with Crippen molar-refractivity contribution in [3.8, 4) is 0 Å². The molecule has 2 heteroatoms. The second-order valence-corrected chi connectivity index (χ2v) is 5.78. The maximum atomic E-state index is 6.36. The van der Waals surface area contributed by atoms with Crippen LogP contribution in [-0.4, -0.2) is 23.9 Å². The second-order valence-electron chi connectivity index (χ2n) is 5.78. The van der Waals surface area contributed by atoms with Gasteiger partial charge in [0, 0.05) is 17.8 Å². The van der Waals surface area contributed by atoms with Gasteiger partial charge in [-0.25, -0.2) is 0 Å². The molecule has 82 valence electrons. The van der Waals surface area contributed by atoms with Gasteiger partial charge in [-0.2, -0.15) is 0 Å². The predicted octanol–water partition coefficient (Wildman–Crippen LogP) is 2.14. The zero-order valence-electron chi connectivity index (χ0n) is 9.35. The normalized spacial score (nSPS) is 64.9. The molecule has 3 aliphatic carbocycles. The van der Waals surface area contributed by atoms with E-state index in [-0.39, 0.29) is 5.60 Å². The van der Waals surface area contributed by atoms with Crippen LogP contribution in [0.15, 0.2) is 12.2 Å². The molecule has 4 rings (SSSR count). The molecule has 7 atom stereocenters. The van der Waals surface area contributed by atoms with Crippen molar-refractivity contribution in [1.82, 2.24) is 0 Å². The molecule has 1 spiro atoms. The Kier molecular flexibility index (Phi) is 1.46. The molecular formula is C13H18O2. The van der Waals surface area contributed by atoms with Gasteiger partial charge in [0.1, 0.15) is 0 Å². The highest BCUT2D eigenvalue weighted by Crippen LogP contribution is 2.72. The van der Waals surface area contributed by atoms with Gasteiger partial charge < -0.3 is 9.47 Å². The van der Waals surface area contributed by atoms with Crippen molar-refractivity contribution in [3.63, 3.8) is 0 Å². The third-order valence-electron chi connectivity index (χ3n) is 4.81. The van der Waals surface area contributed by atoms with Crippen molar-refractivity contribution in [2.24, 2.45) is 17.8 Å². The Balaban J connectivity index is 1.72. The van der Waals surface area contributed by atoms with Crippen molar-refractivity contribution < 1.29 is 9.47 Å². The van der Waals surface area contributed by atoms with E-state index in [1.165, 1.54) is 6.42 Å². The highest BCUT2D eigenvalue weighted by Gasteiger charge is 2.78. The molecule has 1 aliphatic heterocycles. The average molecular weight is 206 g/mol. The molecule has 0 aromatic rings. The zero-order chi connectivity index (χ0) is 10.2. The monoisotopic (exact) mass is 206 g/mol. The Morgan fingerprint density at radius 3 is 2.80 bits per heavy atom. The van der Waals surface area contributed by atoms with E-state index in [0.29, 0.717) is 36.1 Å². The molecule has 1 saturated heterocycles. The molecule has 2 bridgehead atoms. The SMILES string of the molecule is C[C@@H]1C[C@H](C)O[C@@H]2C[C@H]3C=C[C@H]4[C@@H]2[C@@]34O1. The number of ether oxygens (including phenoxy) is 2. The van der Waals surface area contributed by atoms with E-state index < -0.39 is 0 Å². The van der Waals surface area contributed by atoms with Crippen molar-refractivity contribution in [1.29, 1.82) is 0 Å². The Morgan fingerprint density at radius 2 is 2.00 bits per heavy atom. The fourth-order valence-electron chi connectivity index (χ4n) is 4.39. The second kappa shape index (κ2) is 2.49. The van der Waals surface area contributed by atoms with Gasteiger partial charge in [0.15, 0.2) is 0 Å². The van der Waals surface area contributed by atoms with Crippen LogP contribution < -0.4 is 0 Å². The lowest BCUT2D eigenvalue weighted by molar-refractivity contribution is -0.0939. The molecule has 0 radical (unpaired) electrons. The minimum absolute atomic E-state index is 0.185. The lowest BCUT2D eigenvalue weighted by Crippen LogP contribution is -2.31. The summed E-state index contributed by atoms with van der Waals surface area (Å²) in [6, 6.07) is 0. The van der Waals surface area contributed by atoms with Crippen LogP contribution in [0.25, 0.3) is 0 Å². The minimum atomic E-state index is 0.185. The highest BCUT2D eigenvalue weighted by molar-refractivity contribution is 5.38. The number of hydrogen-bond donors (Lipinski definition) is 0. The first-order valence-electron chi connectivity index (χ1n) is 6.23. The van der Waals surface area contributed by atoms with Gasteiger partial charge in [-0.1, -0.05) is 12.2 Å². The molecule has 0 aromatic heterocycles. The molecule has 15 heavy (non-hydrogen) atoms. The minimum Gasteiger partial charge on any atom is -0.375 e. The lowest BCUT2D eigenvalue weighted by atomic mass is 10.0. The Morgan fingerprint density at radius 1 is 1.13 bits per heavy atom. The molecule has 4 aliphatic rings. The van der Waals surface area contributed by atoms with Crippen LogP contribution in [0, 0.1) is 17.8 Å². The van der Waals surface area contributed by atoms with Crippen molar-refractivity contribution >= 4 is 0 Å². The van der Waals surface area contributed by atoms with Gasteiger partial charge in [0.2, 0.25) is 0 Å². The first-order valence-corrected chi connectivity index (χ1v) is 6.23. The van der Waals surface area contributed by atoms with Gasteiger partial charge in [-0.15, -0.1) is 0 Å². The summed E-state index contributed by atoms with van der Waals surface area (Å²) in [5.41, 5.74) is 0.185. The van der Waals surface area contributed by atoms with Gasteiger partial charge >= 0.3 is 0 Å². The molecule has 3 fully saturated rings. The summed E-state index contributed by atoms with van der Waals surface area (Å²) in [5.74, 6) is 2.00. The van der Waals surface area contributed by atoms with Crippen LogP contribution in [0.5, 0.6) is 0 Å². The molecule has 0 N–H and O–H groups in total. The standard InChI is InChI=1S/C13H18O2/c1-7-5-8(2)15-13-9-3-4-10(13)12(13)11(6-9)14-7/h3-4,7-12H,5-6H2,1-2H3/t7-,8+,9+,10-,11+,12-,13+/m0/s1. The van der Waals surface area contributed by atoms with Gasteiger partial charge in [0.25, 0.3) is 0 Å². The van der Waals surface area contributed by atoms with Gasteiger partial charge in [0.05, 0.1) is 23.9 Å². The summed E-state index contributed by atoms with van der Waals surface area (Å²) in [6.45, 7) is 4.38. The quantitative estimate of drug-likeness (QED) is 0.565. The van der Waals surface area contributed by atoms with E-state index >= 15 is 0 Å². The first kappa shape index (κ1) is 8.77. The molecule has 1 heterocycles. The third-order valence-corrected chi connectivity index (χ3v) is 4.81. The third kappa shape index (κ3) is 0.891. The van der Waals surface area contributed by atoms with E-state index in [1.54, 1.807) is 0 Å². The van der Waals surface area contributed by atoms with E-state index in [9.17, 15) is 0 Å². The maximum Gasteiger partial charge on any atom is 0.0875 e. The van der Waals surface area contributed by atoms with E-state index in [2.05, 4.69) is 26.0 Å². The van der Waals surface area contributed by atoms with Crippen LogP contribution in [0.2, 0.25) is 0 Å². The van der Waals surface area contributed by atoms with Crippen molar-refractivity contribution in [3.05, 3.63) is 12.2 Å². The summed E-state index contributed by atoms with van der Waals surface area (Å²) in [5, 5.41) is 0. The van der Waals surface area contributed by atoms with E-state index in [4.69, 9.17) is 9.47 Å². The fourth-order valence-corrected chi connectivity index (χ4v) is 4.39. The Hall–Kier alpha value is -0.340. The summed E-state index contributed by atoms with van der Waals surface area (Å²) in [6.07, 6.45) is 8.17. The van der Waals surface area contributed by atoms with E-state index in [1.807, 2.05) is 0 Å². The summed E-state index contributed by atoms with van der Waals surface area (Å²) in [4.78, 5) is 0. The van der Waals surface area contributed by atoms with Crippen LogP contribution in [0.3, 0.4) is 0 Å². The van der Waals surface area contributed by atoms with Crippen LogP contribution >= 0.6 is 0 Å². The van der Waals surface area contributed by atoms with Crippen molar-refractivity contribution in [2.75, 3.05) is 0 Å². The molecule has 0 amide bonds. The van der Waals surface area contributed by atoms with E-state index in [0.717, 1.165) is 6.42 Å².